The number of benzene rings is 2. The zero-order valence-corrected chi connectivity index (χ0v) is 11.7. The molecule has 0 spiro atoms. The van der Waals surface area contributed by atoms with Crippen LogP contribution in [0.1, 0.15) is 18.5 Å². The molecule has 0 aliphatic heterocycles. The predicted octanol–water partition coefficient (Wildman–Crippen LogP) is 3.44. The van der Waals surface area contributed by atoms with Gasteiger partial charge in [0.05, 0.1) is 12.6 Å². The van der Waals surface area contributed by atoms with Gasteiger partial charge in [-0.05, 0) is 37.3 Å². The molecule has 5 heteroatoms. The molecule has 112 valence electrons. The van der Waals surface area contributed by atoms with Crippen molar-refractivity contribution in [3.63, 3.8) is 0 Å². The Labute approximate surface area is 122 Å². The molecule has 0 aliphatic rings. The molecule has 1 unspecified atom stereocenters. The van der Waals surface area contributed by atoms with Crippen molar-refractivity contribution in [1.82, 2.24) is 0 Å². The molecule has 21 heavy (non-hydrogen) atoms. The van der Waals surface area contributed by atoms with E-state index in [1.54, 1.807) is 24.3 Å². The van der Waals surface area contributed by atoms with Crippen LogP contribution >= 0.6 is 0 Å². The van der Waals surface area contributed by atoms with E-state index in [-0.39, 0.29) is 12.2 Å². The van der Waals surface area contributed by atoms with Crippen LogP contribution < -0.4 is 15.2 Å². The number of rotatable bonds is 6. The van der Waals surface area contributed by atoms with E-state index >= 15 is 0 Å². The number of nitrogens with two attached hydrogens (primary N) is 1. The average molecular weight is 293 g/mol. The summed E-state index contributed by atoms with van der Waals surface area (Å²) in [6.07, 6.45) is 0. The summed E-state index contributed by atoms with van der Waals surface area (Å²) in [4.78, 5) is 0. The zero-order chi connectivity index (χ0) is 15.2. The standard InChI is InChI=1S/C16H17F2NO2/c1-2-20-12-4-6-13(7-5-12)21-10-16(19)14-8-3-11(17)9-15(14)18/h3-9,16H,2,10,19H2,1H3. The van der Waals surface area contributed by atoms with E-state index in [1.807, 2.05) is 6.92 Å². The monoisotopic (exact) mass is 293 g/mol. The van der Waals surface area contributed by atoms with Crippen LogP contribution in [0.2, 0.25) is 0 Å². The lowest BCUT2D eigenvalue weighted by Gasteiger charge is -2.14. The highest BCUT2D eigenvalue weighted by atomic mass is 19.1. The van der Waals surface area contributed by atoms with Crippen LogP contribution in [-0.4, -0.2) is 13.2 Å². The van der Waals surface area contributed by atoms with E-state index < -0.39 is 17.7 Å². The van der Waals surface area contributed by atoms with E-state index in [0.29, 0.717) is 12.4 Å². The lowest BCUT2D eigenvalue weighted by atomic mass is 10.1. The average Bonchev–Trinajstić information content (AvgIpc) is 2.46. The third-order valence-electron chi connectivity index (χ3n) is 2.93. The molecule has 0 amide bonds. The largest absolute Gasteiger partial charge is 0.494 e. The van der Waals surface area contributed by atoms with Crippen molar-refractivity contribution in [3.05, 3.63) is 59.7 Å². The van der Waals surface area contributed by atoms with Crippen molar-refractivity contribution in [1.29, 1.82) is 0 Å². The molecule has 2 rings (SSSR count). The molecule has 0 fully saturated rings. The minimum atomic E-state index is -0.669. The Bertz CT molecular complexity index is 587. The van der Waals surface area contributed by atoms with Crippen LogP contribution in [0, 0.1) is 11.6 Å². The van der Waals surface area contributed by atoms with Gasteiger partial charge in [-0.1, -0.05) is 6.07 Å². The molecule has 2 N–H and O–H groups in total. The van der Waals surface area contributed by atoms with Crippen molar-refractivity contribution in [2.45, 2.75) is 13.0 Å². The second-order valence-electron chi connectivity index (χ2n) is 4.49. The smallest absolute Gasteiger partial charge is 0.131 e. The van der Waals surface area contributed by atoms with E-state index in [9.17, 15) is 8.78 Å². The number of hydrogen-bond donors (Lipinski definition) is 1. The molecule has 0 heterocycles. The first kappa shape index (κ1) is 15.3. The normalized spacial score (nSPS) is 12.0. The molecule has 0 aliphatic carbocycles. The SMILES string of the molecule is CCOc1ccc(OCC(N)c2ccc(F)cc2F)cc1. The van der Waals surface area contributed by atoms with Gasteiger partial charge >= 0.3 is 0 Å². The minimum absolute atomic E-state index is 0.0938. The van der Waals surface area contributed by atoms with Crippen LogP contribution in [0.25, 0.3) is 0 Å². The van der Waals surface area contributed by atoms with Crippen molar-refractivity contribution in [2.24, 2.45) is 5.73 Å². The van der Waals surface area contributed by atoms with E-state index in [0.717, 1.165) is 11.8 Å². The summed E-state index contributed by atoms with van der Waals surface area (Å²) in [6, 6.07) is 9.71. The summed E-state index contributed by atoms with van der Waals surface area (Å²) in [7, 11) is 0. The summed E-state index contributed by atoms with van der Waals surface area (Å²) in [6.45, 7) is 2.59. The molecule has 2 aromatic carbocycles. The summed E-state index contributed by atoms with van der Waals surface area (Å²) < 4.78 is 37.2. The Morgan fingerprint density at radius 3 is 2.19 bits per heavy atom. The van der Waals surface area contributed by atoms with Crippen LogP contribution in [-0.2, 0) is 0 Å². The minimum Gasteiger partial charge on any atom is -0.494 e. The lowest BCUT2D eigenvalue weighted by molar-refractivity contribution is 0.286. The topological polar surface area (TPSA) is 44.5 Å². The number of halogens is 2. The van der Waals surface area contributed by atoms with Gasteiger partial charge in [0.1, 0.15) is 29.7 Å². The molecular formula is C16H17F2NO2. The Kier molecular flexibility index (Phi) is 5.11. The van der Waals surface area contributed by atoms with Crippen molar-refractivity contribution in [3.8, 4) is 11.5 Å². The molecule has 0 aromatic heterocycles. The fourth-order valence-electron chi connectivity index (χ4n) is 1.88. The van der Waals surface area contributed by atoms with Crippen molar-refractivity contribution in [2.75, 3.05) is 13.2 Å². The van der Waals surface area contributed by atoms with Gasteiger partial charge in [-0.3, -0.25) is 0 Å². The Morgan fingerprint density at radius 1 is 1.00 bits per heavy atom. The zero-order valence-electron chi connectivity index (χ0n) is 11.7. The van der Waals surface area contributed by atoms with Crippen LogP contribution in [0.5, 0.6) is 11.5 Å². The Hall–Kier alpha value is -2.14. The van der Waals surface area contributed by atoms with Gasteiger partial charge < -0.3 is 15.2 Å². The molecule has 1 atom stereocenters. The number of ether oxygens (including phenoxy) is 2. The summed E-state index contributed by atoms with van der Waals surface area (Å²) in [5, 5.41) is 0. The first-order valence-corrected chi connectivity index (χ1v) is 6.66. The van der Waals surface area contributed by atoms with E-state index in [4.69, 9.17) is 15.2 Å². The molecule has 0 radical (unpaired) electrons. The molecule has 0 bridgehead atoms. The highest BCUT2D eigenvalue weighted by Crippen LogP contribution is 2.20. The second-order valence-corrected chi connectivity index (χ2v) is 4.49. The van der Waals surface area contributed by atoms with Gasteiger partial charge in [-0.25, -0.2) is 8.78 Å². The first-order chi connectivity index (χ1) is 10.1. The summed E-state index contributed by atoms with van der Waals surface area (Å²) in [5.41, 5.74) is 6.08. The quantitative estimate of drug-likeness (QED) is 0.887. The highest BCUT2D eigenvalue weighted by Gasteiger charge is 2.13. The third kappa shape index (κ3) is 4.16. The fraction of sp³-hybridized carbons (Fsp3) is 0.250. The maximum absolute atomic E-state index is 13.6. The summed E-state index contributed by atoms with van der Waals surface area (Å²) >= 11 is 0. The summed E-state index contributed by atoms with van der Waals surface area (Å²) in [5.74, 6) is 0.0591. The van der Waals surface area contributed by atoms with Crippen LogP contribution in [0.3, 0.4) is 0 Å². The number of hydrogen-bond acceptors (Lipinski definition) is 3. The van der Waals surface area contributed by atoms with Gasteiger partial charge in [-0.15, -0.1) is 0 Å². The maximum atomic E-state index is 13.6. The third-order valence-corrected chi connectivity index (χ3v) is 2.93. The Balaban J connectivity index is 1.95. The second kappa shape index (κ2) is 7.04. The Morgan fingerprint density at radius 2 is 1.62 bits per heavy atom. The van der Waals surface area contributed by atoms with Gasteiger partial charge in [0.2, 0.25) is 0 Å². The van der Waals surface area contributed by atoms with Gasteiger partial charge in [-0.2, -0.15) is 0 Å². The maximum Gasteiger partial charge on any atom is 0.131 e. The van der Waals surface area contributed by atoms with Gasteiger partial charge in [0, 0.05) is 11.6 Å². The highest BCUT2D eigenvalue weighted by molar-refractivity contribution is 5.31. The van der Waals surface area contributed by atoms with Gasteiger partial charge in [0.25, 0.3) is 0 Å². The first-order valence-electron chi connectivity index (χ1n) is 6.66. The molecule has 0 saturated carbocycles. The lowest BCUT2D eigenvalue weighted by Crippen LogP contribution is -2.20. The van der Waals surface area contributed by atoms with E-state index in [2.05, 4.69) is 0 Å². The molecular weight excluding hydrogens is 276 g/mol. The fourth-order valence-corrected chi connectivity index (χ4v) is 1.88. The molecule has 3 nitrogen and oxygen atoms in total. The van der Waals surface area contributed by atoms with Gasteiger partial charge in [0.15, 0.2) is 0 Å². The van der Waals surface area contributed by atoms with E-state index in [1.165, 1.54) is 12.1 Å². The predicted molar refractivity (Wildman–Crippen MR) is 76.4 cm³/mol. The molecule has 0 saturated heterocycles. The molecule has 2 aromatic rings. The van der Waals surface area contributed by atoms with Crippen LogP contribution in [0.15, 0.2) is 42.5 Å². The van der Waals surface area contributed by atoms with Crippen molar-refractivity contribution < 1.29 is 18.3 Å². The van der Waals surface area contributed by atoms with Crippen LogP contribution in [0.4, 0.5) is 8.78 Å². The van der Waals surface area contributed by atoms with Crippen molar-refractivity contribution >= 4 is 0 Å².